The molecule has 0 bridgehead atoms. The summed E-state index contributed by atoms with van der Waals surface area (Å²) in [6, 6.07) is 18.9. The average Bonchev–Trinajstić information content (AvgIpc) is 2.80. The molecule has 6 nitrogen and oxygen atoms in total. The zero-order valence-corrected chi connectivity index (χ0v) is 18.5. The number of rotatable bonds is 11. The fourth-order valence-corrected chi connectivity index (χ4v) is 3.58. The molecule has 0 fully saturated rings. The largest absolute Gasteiger partial charge is 0.497 e. The summed E-state index contributed by atoms with van der Waals surface area (Å²) >= 11 is 1.64. The summed E-state index contributed by atoms with van der Waals surface area (Å²) < 4.78 is 16.4. The van der Waals surface area contributed by atoms with E-state index in [0.29, 0.717) is 37.0 Å². The van der Waals surface area contributed by atoms with Gasteiger partial charge in [-0.2, -0.15) is 0 Å². The molecule has 0 spiro atoms. The minimum Gasteiger partial charge on any atom is -0.497 e. The van der Waals surface area contributed by atoms with Crippen LogP contribution in [0, 0.1) is 0 Å². The Kier molecular flexibility index (Phi) is 8.60. The SMILES string of the molecule is CCOc1ccc(Oc2cc(CNC(=O)CCSc3ccc(OC)cc3)ccn2)cc1. The number of carbonyl (C=O) groups excluding carboxylic acids is 1. The van der Waals surface area contributed by atoms with Gasteiger partial charge >= 0.3 is 0 Å². The van der Waals surface area contributed by atoms with E-state index in [2.05, 4.69) is 10.3 Å². The number of pyridine rings is 1. The van der Waals surface area contributed by atoms with Gasteiger partial charge in [0, 0.05) is 35.9 Å². The van der Waals surface area contributed by atoms with Crippen molar-refractivity contribution >= 4 is 17.7 Å². The highest BCUT2D eigenvalue weighted by atomic mass is 32.2. The number of nitrogens with one attached hydrogen (secondary N) is 1. The summed E-state index contributed by atoms with van der Waals surface area (Å²) in [6.07, 6.45) is 2.11. The molecule has 3 rings (SSSR count). The lowest BCUT2D eigenvalue weighted by molar-refractivity contribution is -0.120. The van der Waals surface area contributed by atoms with Gasteiger partial charge in [-0.25, -0.2) is 4.98 Å². The Hall–Kier alpha value is -3.19. The molecule has 0 atom stereocenters. The minimum absolute atomic E-state index is 0.00630. The van der Waals surface area contributed by atoms with Crippen molar-refractivity contribution in [1.82, 2.24) is 10.3 Å². The Bertz CT molecular complexity index is 962. The number of carbonyl (C=O) groups is 1. The molecule has 1 amide bonds. The molecule has 0 unspecified atom stereocenters. The molecule has 162 valence electrons. The maximum absolute atomic E-state index is 12.2. The second kappa shape index (κ2) is 11.9. The quantitative estimate of drug-likeness (QED) is 0.421. The van der Waals surface area contributed by atoms with Gasteiger partial charge in [0.1, 0.15) is 17.2 Å². The molecule has 0 aliphatic carbocycles. The summed E-state index contributed by atoms with van der Waals surface area (Å²) in [5.74, 6) is 3.49. The van der Waals surface area contributed by atoms with Crippen molar-refractivity contribution in [3.8, 4) is 23.1 Å². The monoisotopic (exact) mass is 438 g/mol. The van der Waals surface area contributed by atoms with E-state index in [1.54, 1.807) is 25.1 Å². The molecule has 2 aromatic carbocycles. The molecule has 1 aromatic heterocycles. The highest BCUT2D eigenvalue weighted by Crippen LogP contribution is 2.23. The van der Waals surface area contributed by atoms with Crippen LogP contribution in [-0.2, 0) is 11.3 Å². The van der Waals surface area contributed by atoms with Crippen LogP contribution in [-0.4, -0.2) is 30.4 Å². The van der Waals surface area contributed by atoms with Gasteiger partial charge in [0.05, 0.1) is 13.7 Å². The highest BCUT2D eigenvalue weighted by molar-refractivity contribution is 7.99. The summed E-state index contributed by atoms with van der Waals surface area (Å²) in [5.41, 5.74) is 0.923. The maximum Gasteiger partial charge on any atom is 0.221 e. The number of aromatic nitrogens is 1. The Labute approximate surface area is 186 Å². The van der Waals surface area contributed by atoms with Gasteiger partial charge in [0.15, 0.2) is 0 Å². The molecule has 1 heterocycles. The highest BCUT2D eigenvalue weighted by Gasteiger charge is 2.05. The van der Waals surface area contributed by atoms with Crippen LogP contribution in [0.4, 0.5) is 0 Å². The van der Waals surface area contributed by atoms with Crippen molar-refractivity contribution in [2.75, 3.05) is 19.5 Å². The minimum atomic E-state index is 0.00630. The third kappa shape index (κ3) is 7.53. The van der Waals surface area contributed by atoms with Crippen molar-refractivity contribution in [1.29, 1.82) is 0 Å². The summed E-state index contributed by atoms with van der Waals surface area (Å²) in [5, 5.41) is 2.94. The fraction of sp³-hybridized carbons (Fsp3) is 0.250. The van der Waals surface area contributed by atoms with Crippen molar-refractivity contribution in [3.05, 3.63) is 72.4 Å². The van der Waals surface area contributed by atoms with E-state index in [1.807, 2.05) is 67.6 Å². The van der Waals surface area contributed by atoms with E-state index >= 15 is 0 Å². The normalized spacial score (nSPS) is 10.4. The molecule has 31 heavy (non-hydrogen) atoms. The van der Waals surface area contributed by atoms with Gasteiger partial charge in [-0.05, 0) is 67.1 Å². The second-order valence-corrected chi connectivity index (χ2v) is 7.73. The van der Waals surface area contributed by atoms with Crippen LogP contribution in [0.2, 0.25) is 0 Å². The number of methoxy groups -OCH3 is 1. The van der Waals surface area contributed by atoms with E-state index in [-0.39, 0.29) is 5.91 Å². The van der Waals surface area contributed by atoms with Crippen LogP contribution < -0.4 is 19.5 Å². The standard InChI is InChI=1S/C24H26N2O4S/c1-3-29-20-4-6-21(7-5-20)30-24-16-18(12-14-25-24)17-26-23(27)13-15-31-22-10-8-19(28-2)9-11-22/h4-12,14,16H,3,13,15,17H2,1-2H3,(H,26,27). The molecule has 0 saturated heterocycles. The van der Waals surface area contributed by atoms with Crippen molar-refractivity contribution in [2.24, 2.45) is 0 Å². The molecule has 0 aliphatic rings. The smallest absolute Gasteiger partial charge is 0.221 e. The number of ether oxygens (including phenoxy) is 3. The molecular weight excluding hydrogens is 412 g/mol. The first-order valence-corrected chi connectivity index (χ1v) is 11.0. The number of thioether (sulfide) groups is 1. The molecule has 0 radical (unpaired) electrons. The second-order valence-electron chi connectivity index (χ2n) is 6.56. The van der Waals surface area contributed by atoms with Crippen LogP contribution in [0.3, 0.4) is 0 Å². The predicted octanol–water partition coefficient (Wildman–Crippen LogP) is 5.08. The van der Waals surface area contributed by atoms with E-state index < -0.39 is 0 Å². The van der Waals surface area contributed by atoms with E-state index in [1.165, 1.54) is 0 Å². The van der Waals surface area contributed by atoms with Gasteiger partial charge in [-0.1, -0.05) is 0 Å². The van der Waals surface area contributed by atoms with Crippen LogP contribution in [0.5, 0.6) is 23.1 Å². The fourth-order valence-electron chi connectivity index (χ4n) is 2.73. The third-order valence-electron chi connectivity index (χ3n) is 4.30. The Morgan fingerprint density at radius 3 is 2.42 bits per heavy atom. The van der Waals surface area contributed by atoms with Crippen molar-refractivity contribution in [3.63, 3.8) is 0 Å². The molecule has 0 saturated carbocycles. The van der Waals surface area contributed by atoms with Crippen LogP contribution in [0.1, 0.15) is 18.9 Å². The lowest BCUT2D eigenvalue weighted by atomic mass is 10.2. The summed E-state index contributed by atoms with van der Waals surface area (Å²) in [6.45, 7) is 2.99. The molecule has 0 aliphatic heterocycles. The number of nitrogens with zero attached hydrogens (tertiary/aromatic N) is 1. The van der Waals surface area contributed by atoms with Gasteiger partial charge < -0.3 is 19.5 Å². The molecular formula is C24H26N2O4S. The predicted molar refractivity (Wildman–Crippen MR) is 122 cm³/mol. The van der Waals surface area contributed by atoms with Crippen LogP contribution in [0.25, 0.3) is 0 Å². The maximum atomic E-state index is 12.2. The summed E-state index contributed by atoms with van der Waals surface area (Å²) in [4.78, 5) is 17.5. The van der Waals surface area contributed by atoms with Gasteiger partial charge in [0.25, 0.3) is 0 Å². The topological polar surface area (TPSA) is 69.7 Å². The lowest BCUT2D eigenvalue weighted by Gasteiger charge is -2.09. The number of hydrogen-bond acceptors (Lipinski definition) is 6. The van der Waals surface area contributed by atoms with Gasteiger partial charge in [-0.3, -0.25) is 4.79 Å². The molecule has 1 N–H and O–H groups in total. The summed E-state index contributed by atoms with van der Waals surface area (Å²) in [7, 11) is 1.64. The first-order valence-electron chi connectivity index (χ1n) is 10.1. The van der Waals surface area contributed by atoms with Gasteiger partial charge in [-0.15, -0.1) is 11.8 Å². The van der Waals surface area contributed by atoms with Gasteiger partial charge in [0.2, 0.25) is 11.8 Å². The first kappa shape index (κ1) is 22.5. The van der Waals surface area contributed by atoms with E-state index in [0.717, 1.165) is 22.0 Å². The number of benzene rings is 2. The zero-order valence-electron chi connectivity index (χ0n) is 17.7. The third-order valence-corrected chi connectivity index (χ3v) is 5.32. The Morgan fingerprint density at radius 1 is 1.00 bits per heavy atom. The molecule has 7 heteroatoms. The molecule has 3 aromatic rings. The Morgan fingerprint density at radius 2 is 1.71 bits per heavy atom. The van der Waals surface area contributed by atoms with Crippen molar-refractivity contribution < 1.29 is 19.0 Å². The van der Waals surface area contributed by atoms with E-state index in [9.17, 15) is 4.79 Å². The van der Waals surface area contributed by atoms with Crippen molar-refractivity contribution in [2.45, 2.75) is 24.8 Å². The number of amides is 1. The number of hydrogen-bond donors (Lipinski definition) is 1. The first-order chi connectivity index (χ1) is 15.2. The van der Waals surface area contributed by atoms with Crippen LogP contribution >= 0.6 is 11.8 Å². The lowest BCUT2D eigenvalue weighted by Crippen LogP contribution is -2.23. The average molecular weight is 439 g/mol. The Balaban J connectivity index is 1.42. The zero-order chi connectivity index (χ0) is 21.9. The van der Waals surface area contributed by atoms with E-state index in [4.69, 9.17) is 14.2 Å². The van der Waals surface area contributed by atoms with Crippen LogP contribution in [0.15, 0.2) is 71.8 Å².